The monoisotopic (exact) mass is 523 g/mol. The summed E-state index contributed by atoms with van der Waals surface area (Å²) in [7, 11) is -1.59. The van der Waals surface area contributed by atoms with E-state index in [1.807, 2.05) is 39.3 Å². The van der Waals surface area contributed by atoms with Crippen LogP contribution in [0.15, 0.2) is 35.5 Å². The van der Waals surface area contributed by atoms with Crippen LogP contribution < -0.4 is 5.32 Å². The number of anilines is 2. The van der Waals surface area contributed by atoms with Gasteiger partial charge in [-0.15, -0.1) is 12.4 Å². The fourth-order valence-corrected chi connectivity index (χ4v) is 5.63. The van der Waals surface area contributed by atoms with Crippen molar-refractivity contribution in [3.63, 3.8) is 0 Å². The lowest BCUT2D eigenvalue weighted by atomic mass is 10.2. The first-order valence-corrected chi connectivity index (χ1v) is 12.6. The number of piperazine rings is 1. The number of aryl methyl sites for hydroxylation is 2. The highest BCUT2D eigenvalue weighted by Gasteiger charge is 2.28. The average molecular weight is 524 g/mol. The molecule has 1 aliphatic heterocycles. The number of aromatic nitrogens is 4. The van der Waals surface area contributed by atoms with Crippen molar-refractivity contribution >= 4 is 34.1 Å². The van der Waals surface area contributed by atoms with Crippen molar-refractivity contribution in [2.75, 3.05) is 38.5 Å². The maximum atomic E-state index is 14.6. The molecule has 3 heterocycles. The Kier molecular flexibility index (Phi) is 8.15. The molecule has 0 amide bonds. The van der Waals surface area contributed by atoms with E-state index in [9.17, 15) is 12.8 Å². The third-order valence-corrected chi connectivity index (χ3v) is 7.92. The van der Waals surface area contributed by atoms with E-state index in [0.717, 1.165) is 12.0 Å². The summed E-state index contributed by atoms with van der Waals surface area (Å²) in [6.07, 6.45) is 2.73. The molecule has 0 atom stereocenters. The Balaban J connectivity index is 0.00000342. The number of sulfonamides is 1. The number of hydrogen-bond donors (Lipinski definition) is 1. The molecule has 1 fully saturated rings. The van der Waals surface area contributed by atoms with Gasteiger partial charge in [0.1, 0.15) is 11.5 Å². The van der Waals surface area contributed by atoms with E-state index in [2.05, 4.69) is 25.2 Å². The smallest absolute Gasteiger partial charge is 0.243 e. The van der Waals surface area contributed by atoms with Gasteiger partial charge in [-0.3, -0.25) is 0 Å². The van der Waals surface area contributed by atoms with Crippen molar-refractivity contribution in [2.45, 2.75) is 38.6 Å². The summed E-state index contributed by atoms with van der Waals surface area (Å²) in [4.78, 5) is 15.1. The molecule has 1 N–H and O–H groups in total. The summed E-state index contributed by atoms with van der Waals surface area (Å²) in [5, 5.41) is 3.10. The second-order valence-electron chi connectivity index (χ2n) is 8.85. The first-order chi connectivity index (χ1) is 16.1. The SMILES string of the molecule is Cc1cc(S(=O)(=O)N2CCN(C)CC2)ccc1Nc1ncc(F)c(-c2cnc(C)n2C(C)C)n1.Cl. The Morgan fingerprint density at radius 1 is 1.06 bits per heavy atom. The third-order valence-electron chi connectivity index (χ3n) is 6.03. The average Bonchev–Trinajstić information content (AvgIpc) is 3.18. The van der Waals surface area contributed by atoms with Crippen LogP contribution in [0.1, 0.15) is 31.3 Å². The molecule has 0 aliphatic carbocycles. The zero-order valence-corrected chi connectivity index (χ0v) is 22.1. The fourth-order valence-electron chi connectivity index (χ4n) is 4.12. The van der Waals surface area contributed by atoms with Crippen LogP contribution in [-0.2, 0) is 10.0 Å². The predicted molar refractivity (Wildman–Crippen MR) is 136 cm³/mol. The molecule has 4 rings (SSSR count). The number of nitrogens with one attached hydrogen (secondary N) is 1. The summed E-state index contributed by atoms with van der Waals surface area (Å²) in [5.74, 6) is 0.437. The number of halogens is 2. The van der Waals surface area contributed by atoms with Gasteiger partial charge in [-0.25, -0.2) is 27.8 Å². The zero-order chi connectivity index (χ0) is 24.6. The van der Waals surface area contributed by atoms with Gasteiger partial charge in [0.2, 0.25) is 16.0 Å². The van der Waals surface area contributed by atoms with Gasteiger partial charge < -0.3 is 14.8 Å². The molecular formula is C23H31ClFN7O2S. The Labute approximate surface area is 211 Å². The van der Waals surface area contributed by atoms with Gasteiger partial charge in [0.05, 0.1) is 23.0 Å². The molecule has 1 saturated heterocycles. The third kappa shape index (κ3) is 5.48. The molecule has 0 saturated carbocycles. The molecule has 190 valence electrons. The van der Waals surface area contributed by atoms with Crippen molar-refractivity contribution in [3.8, 4) is 11.4 Å². The molecule has 9 nitrogen and oxygen atoms in total. The van der Waals surface area contributed by atoms with E-state index >= 15 is 0 Å². The molecule has 0 radical (unpaired) electrons. The molecule has 0 unspecified atom stereocenters. The Bertz CT molecular complexity index is 1310. The molecule has 2 aromatic heterocycles. The highest BCUT2D eigenvalue weighted by molar-refractivity contribution is 7.89. The zero-order valence-electron chi connectivity index (χ0n) is 20.5. The van der Waals surface area contributed by atoms with Gasteiger partial charge in [0.15, 0.2) is 5.82 Å². The highest BCUT2D eigenvalue weighted by atomic mass is 35.5. The van der Waals surface area contributed by atoms with Gasteiger partial charge >= 0.3 is 0 Å². The number of hydrogen-bond acceptors (Lipinski definition) is 7. The van der Waals surface area contributed by atoms with Crippen LogP contribution in [0.25, 0.3) is 11.4 Å². The van der Waals surface area contributed by atoms with Crippen LogP contribution in [0.5, 0.6) is 0 Å². The fraction of sp³-hybridized carbons (Fsp3) is 0.435. The molecule has 1 aliphatic rings. The van der Waals surface area contributed by atoms with Crippen molar-refractivity contribution in [3.05, 3.63) is 47.8 Å². The summed E-state index contributed by atoms with van der Waals surface area (Å²) in [6.45, 7) is 10.0. The number of imidazole rings is 1. The largest absolute Gasteiger partial charge is 0.324 e. The van der Waals surface area contributed by atoms with Crippen molar-refractivity contribution in [2.24, 2.45) is 0 Å². The van der Waals surface area contributed by atoms with E-state index in [4.69, 9.17) is 0 Å². The lowest BCUT2D eigenvalue weighted by Gasteiger charge is -2.31. The topological polar surface area (TPSA) is 96.3 Å². The first-order valence-electron chi connectivity index (χ1n) is 11.2. The molecule has 3 aromatic rings. The van der Waals surface area contributed by atoms with E-state index in [0.29, 0.717) is 43.1 Å². The summed E-state index contributed by atoms with van der Waals surface area (Å²) < 4.78 is 44.2. The first kappa shape index (κ1) is 27.0. The molecule has 0 spiro atoms. The summed E-state index contributed by atoms with van der Waals surface area (Å²) in [6, 6.07) is 4.98. The maximum Gasteiger partial charge on any atom is 0.243 e. The van der Waals surface area contributed by atoms with Gasteiger partial charge in [0.25, 0.3) is 0 Å². The van der Waals surface area contributed by atoms with Crippen LogP contribution in [0, 0.1) is 19.7 Å². The van der Waals surface area contributed by atoms with E-state index in [1.165, 1.54) is 4.31 Å². The van der Waals surface area contributed by atoms with Gasteiger partial charge in [-0.05, 0) is 58.5 Å². The van der Waals surface area contributed by atoms with E-state index in [-0.39, 0.29) is 35.0 Å². The van der Waals surface area contributed by atoms with Crippen LogP contribution in [0.3, 0.4) is 0 Å². The van der Waals surface area contributed by atoms with E-state index in [1.54, 1.807) is 24.4 Å². The van der Waals surface area contributed by atoms with E-state index < -0.39 is 15.8 Å². The second-order valence-corrected chi connectivity index (χ2v) is 10.8. The van der Waals surface area contributed by atoms with Gasteiger partial charge in [-0.1, -0.05) is 0 Å². The Morgan fingerprint density at radius 3 is 2.37 bits per heavy atom. The summed E-state index contributed by atoms with van der Waals surface area (Å²) in [5.41, 5.74) is 2.08. The minimum absolute atomic E-state index is 0. The lowest BCUT2D eigenvalue weighted by Crippen LogP contribution is -2.47. The number of benzene rings is 1. The Hall–Kier alpha value is -2.60. The normalized spacial score (nSPS) is 15.3. The van der Waals surface area contributed by atoms with Crippen LogP contribution in [-0.4, -0.2) is 70.4 Å². The van der Waals surface area contributed by atoms with Crippen molar-refractivity contribution < 1.29 is 12.8 Å². The quantitative estimate of drug-likeness (QED) is 0.525. The molecule has 1 aromatic carbocycles. The van der Waals surface area contributed by atoms with Crippen LogP contribution >= 0.6 is 12.4 Å². The van der Waals surface area contributed by atoms with Gasteiger partial charge in [-0.2, -0.15) is 4.31 Å². The molecular weight excluding hydrogens is 493 g/mol. The maximum absolute atomic E-state index is 14.6. The minimum atomic E-state index is -3.57. The van der Waals surface area contributed by atoms with Crippen molar-refractivity contribution in [1.82, 2.24) is 28.7 Å². The van der Waals surface area contributed by atoms with Crippen LogP contribution in [0.2, 0.25) is 0 Å². The predicted octanol–water partition coefficient (Wildman–Crippen LogP) is 3.78. The standard InChI is InChI=1S/C23H30FN7O2S.ClH/c1-15(2)31-17(4)25-14-21(31)22-19(24)13-26-23(28-22)27-20-7-6-18(12-16(20)3)34(32,33)30-10-8-29(5)9-11-30;/h6-7,12-15H,8-11H2,1-5H3,(H,26,27,28);1H. The second kappa shape index (κ2) is 10.6. The molecule has 12 heteroatoms. The lowest BCUT2D eigenvalue weighted by molar-refractivity contribution is 0.222. The van der Waals surface area contributed by atoms with Crippen LogP contribution in [0.4, 0.5) is 16.0 Å². The number of nitrogens with zero attached hydrogens (tertiary/aromatic N) is 6. The highest BCUT2D eigenvalue weighted by Crippen LogP contribution is 2.28. The molecule has 0 bridgehead atoms. The van der Waals surface area contributed by atoms with Crippen molar-refractivity contribution in [1.29, 1.82) is 0 Å². The Morgan fingerprint density at radius 2 is 1.74 bits per heavy atom. The van der Waals surface area contributed by atoms with Gasteiger partial charge in [0, 0.05) is 37.9 Å². The number of likely N-dealkylation sites (N-methyl/N-ethyl adjacent to an activating group) is 1. The molecule has 35 heavy (non-hydrogen) atoms. The number of rotatable bonds is 6. The minimum Gasteiger partial charge on any atom is -0.324 e. The summed E-state index contributed by atoms with van der Waals surface area (Å²) >= 11 is 0.